The van der Waals surface area contributed by atoms with Crippen molar-refractivity contribution in [3.8, 4) is 11.1 Å². The molecule has 0 aliphatic heterocycles. The minimum absolute atomic E-state index is 1.14. The van der Waals surface area contributed by atoms with Gasteiger partial charge in [-0.25, -0.2) is 0 Å². The molecule has 0 N–H and O–H groups in total. The predicted octanol–water partition coefficient (Wildman–Crippen LogP) is 10.2. The number of hydrogen-bond acceptors (Lipinski definition) is 0. The Hall–Kier alpha value is -3.12. The van der Waals surface area contributed by atoms with Gasteiger partial charge in [-0.05, 0) is 55.9 Å². The number of benzene rings is 4. The summed E-state index contributed by atoms with van der Waals surface area (Å²) in [5, 5.41) is 0. The molecule has 0 nitrogen and oxygen atoms in total. The van der Waals surface area contributed by atoms with Crippen LogP contribution in [-0.4, -0.2) is 0 Å². The molecule has 4 aromatic rings. The molecule has 0 aliphatic carbocycles. The van der Waals surface area contributed by atoms with Gasteiger partial charge in [0.15, 0.2) is 0 Å². The zero-order valence-corrected chi connectivity index (χ0v) is 22.4. The first kappa shape index (κ1) is 28.9. The summed E-state index contributed by atoms with van der Waals surface area (Å²) < 4.78 is 0. The minimum atomic E-state index is 1.14. The van der Waals surface area contributed by atoms with Crippen molar-refractivity contribution in [1.82, 2.24) is 0 Å². The molecule has 0 bridgehead atoms. The van der Waals surface area contributed by atoms with Gasteiger partial charge in [0, 0.05) is 0 Å². The van der Waals surface area contributed by atoms with Gasteiger partial charge in [0.1, 0.15) is 0 Å². The average molecular weight is 453 g/mol. The van der Waals surface area contributed by atoms with E-state index in [1.807, 2.05) is 6.07 Å². The van der Waals surface area contributed by atoms with E-state index in [-0.39, 0.29) is 0 Å². The molecule has 0 atom stereocenters. The van der Waals surface area contributed by atoms with Crippen LogP contribution in [0.3, 0.4) is 0 Å². The van der Waals surface area contributed by atoms with Gasteiger partial charge in [-0.2, -0.15) is 0 Å². The first-order valence-electron chi connectivity index (χ1n) is 12.7. The lowest BCUT2D eigenvalue weighted by Crippen LogP contribution is -1.81. The molecule has 34 heavy (non-hydrogen) atoms. The van der Waals surface area contributed by atoms with E-state index in [4.69, 9.17) is 0 Å². The van der Waals surface area contributed by atoms with E-state index in [0.29, 0.717) is 0 Å². The van der Waals surface area contributed by atoms with E-state index in [1.54, 1.807) is 0 Å². The standard InChI is InChI=1S/C13H12.C10H14.C8H10.C3H8/c1-11-7-9-13(10-8-11)12-5-3-2-4-6-12;1-3-9-5-7-10(4-2)8-6-9;1-7-3-5-8(2)6-4-7;1-3-2/h2-10H,1H3;5-8H,3-4H2,1-2H3;3-6H,1-2H3;3H2,1-2H3. The molecule has 0 heterocycles. The molecule has 0 spiro atoms. The highest BCUT2D eigenvalue weighted by molar-refractivity contribution is 5.63. The number of hydrogen-bond donors (Lipinski definition) is 0. The van der Waals surface area contributed by atoms with Crippen molar-refractivity contribution < 1.29 is 0 Å². The fourth-order valence-electron chi connectivity index (χ4n) is 3.02. The molecule has 0 unspecified atom stereocenters. The Labute approximate surface area is 209 Å². The Morgan fingerprint density at radius 3 is 1.00 bits per heavy atom. The lowest BCUT2D eigenvalue weighted by atomic mass is 10.0. The molecule has 0 aliphatic rings. The van der Waals surface area contributed by atoms with Crippen molar-refractivity contribution in [2.75, 3.05) is 0 Å². The van der Waals surface area contributed by atoms with E-state index in [2.05, 4.69) is 146 Å². The van der Waals surface area contributed by atoms with Gasteiger partial charge in [0.2, 0.25) is 0 Å². The summed E-state index contributed by atoms with van der Waals surface area (Å²) in [5.41, 5.74) is 9.38. The molecule has 4 aromatic carbocycles. The van der Waals surface area contributed by atoms with E-state index in [9.17, 15) is 0 Å². The Kier molecular flexibility index (Phi) is 14.8. The summed E-state index contributed by atoms with van der Waals surface area (Å²) in [6.45, 7) is 14.9. The lowest BCUT2D eigenvalue weighted by Gasteiger charge is -2.00. The molecule has 180 valence electrons. The summed E-state index contributed by atoms with van der Waals surface area (Å²) >= 11 is 0. The maximum absolute atomic E-state index is 2.21. The second kappa shape index (κ2) is 17.4. The van der Waals surface area contributed by atoms with E-state index >= 15 is 0 Å². The van der Waals surface area contributed by atoms with Crippen LogP contribution in [0.4, 0.5) is 0 Å². The fraction of sp³-hybridized carbons (Fsp3) is 0.294. The van der Waals surface area contributed by atoms with Crippen molar-refractivity contribution >= 4 is 0 Å². The summed E-state index contributed by atoms with van der Waals surface area (Å²) in [5.74, 6) is 0. The monoisotopic (exact) mass is 452 g/mol. The van der Waals surface area contributed by atoms with Crippen LogP contribution in [-0.2, 0) is 12.8 Å². The highest BCUT2D eigenvalue weighted by Gasteiger charge is 1.94. The van der Waals surface area contributed by atoms with Crippen LogP contribution >= 0.6 is 0 Å². The highest BCUT2D eigenvalue weighted by Crippen LogP contribution is 2.18. The summed E-state index contributed by atoms with van der Waals surface area (Å²) in [4.78, 5) is 0. The highest BCUT2D eigenvalue weighted by atomic mass is 14.0. The van der Waals surface area contributed by atoms with Gasteiger partial charge in [0.05, 0.1) is 0 Å². The molecule has 0 radical (unpaired) electrons. The van der Waals surface area contributed by atoms with Crippen LogP contribution in [0.1, 0.15) is 61.9 Å². The lowest BCUT2D eigenvalue weighted by molar-refractivity contribution is 1.09. The van der Waals surface area contributed by atoms with Gasteiger partial charge >= 0.3 is 0 Å². The molecule has 4 rings (SSSR count). The Balaban J connectivity index is 0.000000247. The quantitative estimate of drug-likeness (QED) is 0.290. The third kappa shape index (κ3) is 12.2. The van der Waals surface area contributed by atoms with Crippen LogP contribution in [0.5, 0.6) is 0 Å². The molecule has 0 saturated carbocycles. The maximum Gasteiger partial charge on any atom is -0.0184 e. The van der Waals surface area contributed by atoms with Crippen LogP contribution in [0, 0.1) is 20.8 Å². The van der Waals surface area contributed by atoms with E-state index in [1.165, 1.54) is 45.4 Å². The van der Waals surface area contributed by atoms with Gasteiger partial charge in [-0.3, -0.25) is 0 Å². The first-order valence-corrected chi connectivity index (χ1v) is 12.7. The normalized spacial score (nSPS) is 9.38. The molecule has 0 fully saturated rings. The van der Waals surface area contributed by atoms with Crippen LogP contribution < -0.4 is 0 Å². The average Bonchev–Trinajstić information content (AvgIpc) is 2.88. The maximum atomic E-state index is 2.21. The second-order valence-corrected chi connectivity index (χ2v) is 8.62. The molecule has 0 heteroatoms. The third-order valence-corrected chi connectivity index (χ3v) is 5.22. The van der Waals surface area contributed by atoms with Gasteiger partial charge in [-0.15, -0.1) is 0 Å². The number of aryl methyl sites for hydroxylation is 5. The van der Waals surface area contributed by atoms with Crippen LogP contribution in [0.15, 0.2) is 103 Å². The first-order chi connectivity index (χ1) is 16.4. The van der Waals surface area contributed by atoms with Crippen molar-refractivity contribution in [1.29, 1.82) is 0 Å². The van der Waals surface area contributed by atoms with E-state index in [0.717, 1.165) is 12.8 Å². The Morgan fingerprint density at radius 1 is 0.382 bits per heavy atom. The fourth-order valence-corrected chi connectivity index (χ4v) is 3.02. The summed E-state index contributed by atoms with van der Waals surface area (Å²) in [7, 11) is 0. The van der Waals surface area contributed by atoms with Crippen molar-refractivity contribution in [3.05, 3.63) is 131 Å². The molecular formula is C34H44. The molecule has 0 amide bonds. The molecular weight excluding hydrogens is 408 g/mol. The topological polar surface area (TPSA) is 0 Å². The van der Waals surface area contributed by atoms with Gasteiger partial charge < -0.3 is 0 Å². The predicted molar refractivity (Wildman–Crippen MR) is 154 cm³/mol. The smallest absolute Gasteiger partial charge is 0.0184 e. The number of rotatable bonds is 3. The largest absolute Gasteiger partial charge is 0.0656 e. The molecule has 0 aromatic heterocycles. The van der Waals surface area contributed by atoms with Gasteiger partial charge in [-0.1, -0.05) is 154 Å². The zero-order chi connectivity index (χ0) is 25.2. The van der Waals surface area contributed by atoms with Crippen LogP contribution in [0.25, 0.3) is 11.1 Å². The minimum Gasteiger partial charge on any atom is -0.0656 e. The van der Waals surface area contributed by atoms with Crippen molar-refractivity contribution in [2.45, 2.75) is 67.7 Å². The third-order valence-electron chi connectivity index (χ3n) is 5.22. The van der Waals surface area contributed by atoms with Crippen LogP contribution in [0.2, 0.25) is 0 Å². The zero-order valence-electron chi connectivity index (χ0n) is 22.4. The Morgan fingerprint density at radius 2 is 0.676 bits per heavy atom. The van der Waals surface area contributed by atoms with Crippen molar-refractivity contribution in [3.63, 3.8) is 0 Å². The van der Waals surface area contributed by atoms with Gasteiger partial charge in [0.25, 0.3) is 0 Å². The Bertz CT molecular complexity index is 948. The molecule has 0 saturated heterocycles. The summed E-state index contributed by atoms with van der Waals surface area (Å²) in [6, 6.07) is 36.3. The second-order valence-electron chi connectivity index (χ2n) is 8.62. The van der Waals surface area contributed by atoms with Crippen molar-refractivity contribution in [2.24, 2.45) is 0 Å². The van der Waals surface area contributed by atoms with E-state index < -0.39 is 0 Å². The SMILES string of the molecule is CCC.CCc1ccc(CC)cc1.Cc1ccc(-c2ccccc2)cc1.Cc1ccc(C)cc1. The summed E-state index contributed by atoms with van der Waals surface area (Å²) in [6.07, 6.45) is 3.54.